The Morgan fingerprint density at radius 1 is 0.917 bits per heavy atom. The SMILES string of the molecule is CCCCCCC.O=S(=O)(Br)Br. The molecule has 0 rings (SSSR count). The van der Waals surface area contributed by atoms with Crippen LogP contribution < -0.4 is 0 Å². The molecule has 0 spiro atoms. The molecule has 0 radical (unpaired) electrons. The van der Waals surface area contributed by atoms with Crippen molar-refractivity contribution in [1.29, 1.82) is 0 Å². The molecule has 0 aromatic carbocycles. The monoisotopic (exact) mass is 322 g/mol. The van der Waals surface area contributed by atoms with Crippen LogP contribution in [0, 0.1) is 0 Å². The lowest BCUT2D eigenvalue weighted by Gasteiger charge is -1.90. The fourth-order valence-corrected chi connectivity index (χ4v) is 0.677. The maximum absolute atomic E-state index is 9.47. The predicted octanol–water partition coefficient (Wildman–Crippen LogP) is 4.00. The molecule has 5 heteroatoms. The zero-order valence-electron chi connectivity index (χ0n) is 7.52. The minimum Gasteiger partial charge on any atom is -0.205 e. The molecule has 0 atom stereocenters. The van der Waals surface area contributed by atoms with Crippen molar-refractivity contribution in [2.24, 2.45) is 0 Å². The first-order chi connectivity index (χ1) is 5.41. The van der Waals surface area contributed by atoms with Crippen molar-refractivity contribution in [1.82, 2.24) is 0 Å². The lowest BCUT2D eigenvalue weighted by Crippen LogP contribution is -1.70. The third-order valence-electron chi connectivity index (χ3n) is 1.21. The molecule has 0 unspecified atom stereocenters. The summed E-state index contributed by atoms with van der Waals surface area (Å²) in [4.78, 5) is 0. The van der Waals surface area contributed by atoms with E-state index in [0.717, 1.165) is 0 Å². The second-order valence-corrected chi connectivity index (χ2v) is 10.9. The van der Waals surface area contributed by atoms with Crippen LogP contribution in [0.2, 0.25) is 0 Å². The van der Waals surface area contributed by atoms with Crippen LogP contribution in [0.5, 0.6) is 0 Å². The summed E-state index contributed by atoms with van der Waals surface area (Å²) in [7, 11) is 0. The van der Waals surface area contributed by atoms with Gasteiger partial charge in [-0.1, -0.05) is 46.0 Å². The van der Waals surface area contributed by atoms with Crippen LogP contribution in [0.15, 0.2) is 0 Å². The molecule has 76 valence electrons. The highest BCUT2D eigenvalue weighted by atomic mass is 79.9. The fraction of sp³-hybridized carbons (Fsp3) is 1.00. The Labute approximate surface area is 90.4 Å². The van der Waals surface area contributed by atoms with Crippen molar-refractivity contribution in [3.8, 4) is 0 Å². The molecule has 0 aromatic rings. The summed E-state index contributed by atoms with van der Waals surface area (Å²) in [6.07, 6.45) is 7.01. The number of hydrogen-bond acceptors (Lipinski definition) is 2. The lowest BCUT2D eigenvalue weighted by molar-refractivity contribution is 0.625. The number of halogens is 2. The van der Waals surface area contributed by atoms with Gasteiger partial charge < -0.3 is 0 Å². The van der Waals surface area contributed by atoms with Crippen molar-refractivity contribution in [3.05, 3.63) is 0 Å². The van der Waals surface area contributed by atoms with E-state index in [-0.39, 0.29) is 0 Å². The third kappa shape index (κ3) is 44.4. The van der Waals surface area contributed by atoms with E-state index in [0.29, 0.717) is 0 Å². The molecule has 0 bridgehead atoms. The van der Waals surface area contributed by atoms with Gasteiger partial charge in [0.2, 0.25) is 0 Å². The van der Waals surface area contributed by atoms with E-state index >= 15 is 0 Å². The Kier molecular flexibility index (Phi) is 12.8. The Bertz CT molecular complexity index is 154. The standard InChI is InChI=1S/C7H16.Br2O2S/c1-3-5-7-6-4-2;1-5(2,3)4/h3-7H2,1-2H3;. The molecule has 0 aromatic heterocycles. The zero-order chi connectivity index (χ0) is 10.0. The molecule has 0 saturated carbocycles. The third-order valence-corrected chi connectivity index (χ3v) is 1.21. The van der Waals surface area contributed by atoms with Crippen LogP contribution in [0.1, 0.15) is 46.0 Å². The van der Waals surface area contributed by atoms with Crippen molar-refractivity contribution in [2.45, 2.75) is 46.0 Å². The van der Waals surface area contributed by atoms with Crippen molar-refractivity contribution in [2.75, 3.05) is 0 Å². The van der Waals surface area contributed by atoms with Gasteiger partial charge in [-0.3, -0.25) is 0 Å². The average molecular weight is 324 g/mol. The highest BCUT2D eigenvalue weighted by molar-refractivity contribution is 9.79. The zero-order valence-corrected chi connectivity index (χ0v) is 11.5. The average Bonchev–Trinajstić information content (AvgIpc) is 1.85. The van der Waals surface area contributed by atoms with Gasteiger partial charge in [0, 0.05) is 0 Å². The Morgan fingerprint density at radius 2 is 1.17 bits per heavy atom. The summed E-state index contributed by atoms with van der Waals surface area (Å²) >= 11 is 4.53. The van der Waals surface area contributed by atoms with Crippen LogP contribution in [-0.4, -0.2) is 8.42 Å². The fourth-order valence-electron chi connectivity index (χ4n) is 0.677. The molecule has 0 heterocycles. The van der Waals surface area contributed by atoms with E-state index in [1.807, 2.05) is 0 Å². The second-order valence-electron chi connectivity index (χ2n) is 2.44. The van der Waals surface area contributed by atoms with Crippen LogP contribution in [0.3, 0.4) is 0 Å². The topological polar surface area (TPSA) is 34.1 Å². The minimum absolute atomic E-state index is 1.36. The predicted molar refractivity (Wildman–Crippen MR) is 61.2 cm³/mol. The van der Waals surface area contributed by atoms with Gasteiger partial charge in [-0.25, -0.2) is 8.42 Å². The summed E-state index contributed by atoms with van der Waals surface area (Å²) in [6, 6.07) is 0. The Balaban J connectivity index is 0. The van der Waals surface area contributed by atoms with Gasteiger partial charge in [0.05, 0.1) is 29.6 Å². The summed E-state index contributed by atoms with van der Waals surface area (Å²) in [5.74, 6) is 0. The normalized spacial score (nSPS) is 10.3. The quantitative estimate of drug-likeness (QED) is 0.579. The lowest BCUT2D eigenvalue weighted by atomic mass is 10.2. The molecule has 0 aliphatic heterocycles. The van der Waals surface area contributed by atoms with E-state index in [1.54, 1.807) is 0 Å². The smallest absolute Gasteiger partial charge is 0.205 e. The van der Waals surface area contributed by atoms with E-state index in [9.17, 15) is 8.42 Å². The summed E-state index contributed by atoms with van der Waals surface area (Å²) in [5.41, 5.74) is 0. The van der Waals surface area contributed by atoms with Crippen LogP contribution in [0.25, 0.3) is 0 Å². The largest absolute Gasteiger partial charge is 0.268 e. The van der Waals surface area contributed by atoms with Crippen molar-refractivity contribution < 1.29 is 8.42 Å². The molecule has 0 amide bonds. The second kappa shape index (κ2) is 9.99. The number of rotatable bonds is 4. The molecule has 12 heavy (non-hydrogen) atoms. The summed E-state index contributed by atoms with van der Waals surface area (Å²) in [6.45, 7) is 1.45. The number of hydrogen-bond donors (Lipinski definition) is 0. The summed E-state index contributed by atoms with van der Waals surface area (Å²) in [5, 5.41) is 0. The Hall–Kier alpha value is 0.910. The Morgan fingerprint density at radius 3 is 1.33 bits per heavy atom. The minimum atomic E-state index is -3.04. The van der Waals surface area contributed by atoms with E-state index in [1.165, 1.54) is 32.1 Å². The van der Waals surface area contributed by atoms with Crippen LogP contribution in [0.4, 0.5) is 0 Å². The van der Waals surface area contributed by atoms with Gasteiger partial charge in [-0.15, -0.1) is 0 Å². The first-order valence-corrected chi connectivity index (χ1v) is 9.22. The van der Waals surface area contributed by atoms with E-state index in [4.69, 9.17) is 0 Å². The molecular weight excluding hydrogens is 308 g/mol. The summed E-state index contributed by atoms with van der Waals surface area (Å²) < 4.78 is 18.9. The molecule has 0 saturated heterocycles. The molecule has 0 aliphatic rings. The van der Waals surface area contributed by atoms with E-state index < -0.39 is 6.70 Å². The first-order valence-electron chi connectivity index (χ1n) is 4.06. The van der Waals surface area contributed by atoms with Gasteiger partial charge in [-0.2, -0.15) is 0 Å². The van der Waals surface area contributed by atoms with Gasteiger partial charge in [0.25, 0.3) is 6.70 Å². The van der Waals surface area contributed by atoms with E-state index in [2.05, 4.69) is 43.5 Å². The molecule has 0 N–H and O–H groups in total. The van der Waals surface area contributed by atoms with Crippen LogP contribution >= 0.6 is 29.6 Å². The van der Waals surface area contributed by atoms with Gasteiger partial charge in [0.1, 0.15) is 0 Å². The van der Waals surface area contributed by atoms with Crippen molar-refractivity contribution in [3.63, 3.8) is 0 Å². The molecule has 0 fully saturated rings. The highest BCUT2D eigenvalue weighted by Gasteiger charge is 1.87. The molecule has 2 nitrogen and oxygen atoms in total. The maximum atomic E-state index is 9.47. The van der Waals surface area contributed by atoms with Gasteiger partial charge >= 0.3 is 0 Å². The number of unbranched alkanes of at least 4 members (excludes halogenated alkanes) is 4. The van der Waals surface area contributed by atoms with Crippen LogP contribution in [-0.2, 0) is 6.70 Å². The van der Waals surface area contributed by atoms with Gasteiger partial charge in [-0.05, 0) is 0 Å². The van der Waals surface area contributed by atoms with Crippen molar-refractivity contribution >= 4 is 36.3 Å². The highest BCUT2D eigenvalue weighted by Crippen LogP contribution is 2.06. The maximum Gasteiger partial charge on any atom is 0.268 e. The molecule has 0 aliphatic carbocycles. The first kappa shape index (κ1) is 15.4. The molecular formula is C7H16Br2O2S. The van der Waals surface area contributed by atoms with Gasteiger partial charge in [0.15, 0.2) is 0 Å².